The Morgan fingerprint density at radius 1 is 1.18 bits per heavy atom. The van der Waals surface area contributed by atoms with Crippen LogP contribution in [-0.2, 0) is 0 Å². The zero-order valence-corrected chi connectivity index (χ0v) is 12.6. The summed E-state index contributed by atoms with van der Waals surface area (Å²) < 4.78 is 86.4. The van der Waals surface area contributed by atoms with E-state index in [0.717, 1.165) is 6.07 Å². The van der Waals surface area contributed by atoms with E-state index in [0.29, 0.717) is 12.3 Å². The van der Waals surface area contributed by atoms with Crippen LogP contribution in [0.4, 0.5) is 36.4 Å². The summed E-state index contributed by atoms with van der Waals surface area (Å²) in [7, 11) is 0. The van der Waals surface area contributed by atoms with Gasteiger partial charge in [-0.2, -0.15) is 26.3 Å². The predicted octanol–water partition coefficient (Wildman–Crippen LogP) is 6.01. The molecule has 1 atom stereocenters. The van der Waals surface area contributed by atoms with Crippen LogP contribution in [-0.4, -0.2) is 29.7 Å². The number of alkyl halides is 7. The van der Waals surface area contributed by atoms with Crippen molar-refractivity contribution in [1.29, 1.82) is 0 Å². The van der Waals surface area contributed by atoms with Crippen molar-refractivity contribution in [2.75, 3.05) is 5.75 Å². The quantitative estimate of drug-likeness (QED) is 0.267. The molecular weight excluding hydrogens is 382 g/mol. The molecule has 0 N–H and O–H groups in total. The number of nitrogens with zero attached hydrogens (tertiary/aromatic N) is 1. The third kappa shape index (κ3) is 6.21. The molecular formula is C11H6Cl2F7NS. The monoisotopic (exact) mass is 387 g/mol. The SMILES string of the molecule is Fc1cc(Cl)c(N=CC(Cl)C(F)(F)F)cc1SCC(F)(F)F. The van der Waals surface area contributed by atoms with Gasteiger partial charge in [0.25, 0.3) is 0 Å². The fraction of sp³-hybridized carbons (Fsp3) is 0.364. The van der Waals surface area contributed by atoms with Gasteiger partial charge in [0.1, 0.15) is 5.82 Å². The minimum Gasteiger partial charge on any atom is -0.258 e. The number of hydrogen-bond donors (Lipinski definition) is 0. The lowest BCUT2D eigenvalue weighted by atomic mass is 10.3. The fourth-order valence-corrected chi connectivity index (χ4v) is 2.08. The third-order valence-corrected chi connectivity index (χ3v) is 3.81. The van der Waals surface area contributed by atoms with E-state index in [1.807, 2.05) is 0 Å². The molecule has 1 rings (SSSR count). The molecule has 0 aliphatic heterocycles. The average molecular weight is 388 g/mol. The number of benzene rings is 1. The second-order valence-electron chi connectivity index (χ2n) is 3.86. The standard InChI is InChI=1S/C11H6Cl2F7NS/c12-5-1-6(14)8(22-4-10(15,16)17)2-7(5)21-3-9(13)11(18,19)20/h1-3,9H,4H2. The maximum absolute atomic E-state index is 13.5. The number of halogens is 9. The summed E-state index contributed by atoms with van der Waals surface area (Å²) in [4.78, 5) is 2.91. The van der Waals surface area contributed by atoms with E-state index in [1.165, 1.54) is 0 Å². The first-order valence-corrected chi connectivity index (χ1v) is 7.13. The number of rotatable bonds is 4. The number of hydrogen-bond acceptors (Lipinski definition) is 2. The molecule has 0 saturated carbocycles. The van der Waals surface area contributed by atoms with Crippen LogP contribution in [0.15, 0.2) is 22.0 Å². The molecule has 0 aromatic heterocycles. The van der Waals surface area contributed by atoms with Crippen molar-refractivity contribution in [3.05, 3.63) is 23.0 Å². The van der Waals surface area contributed by atoms with Crippen molar-refractivity contribution >= 4 is 46.9 Å². The zero-order chi connectivity index (χ0) is 17.1. The van der Waals surface area contributed by atoms with Crippen LogP contribution in [0.5, 0.6) is 0 Å². The molecule has 1 aromatic carbocycles. The van der Waals surface area contributed by atoms with Gasteiger partial charge in [-0.1, -0.05) is 11.6 Å². The maximum Gasteiger partial charge on any atom is 0.409 e. The Hall–Kier alpha value is -0.670. The van der Waals surface area contributed by atoms with Gasteiger partial charge in [-0.3, -0.25) is 4.99 Å². The zero-order valence-electron chi connectivity index (χ0n) is 10.3. The maximum atomic E-state index is 13.5. The van der Waals surface area contributed by atoms with E-state index in [1.54, 1.807) is 0 Å². The van der Waals surface area contributed by atoms with Gasteiger partial charge in [-0.25, -0.2) is 4.39 Å². The Morgan fingerprint density at radius 2 is 1.77 bits per heavy atom. The second kappa shape index (κ2) is 7.27. The minimum absolute atomic E-state index is 0.129. The van der Waals surface area contributed by atoms with E-state index in [-0.39, 0.29) is 22.5 Å². The first-order valence-electron chi connectivity index (χ1n) is 5.33. The van der Waals surface area contributed by atoms with Gasteiger partial charge in [-0.15, -0.1) is 23.4 Å². The van der Waals surface area contributed by atoms with Gasteiger partial charge in [0.2, 0.25) is 0 Å². The summed E-state index contributed by atoms with van der Waals surface area (Å²) in [6, 6.07) is 1.49. The summed E-state index contributed by atoms with van der Waals surface area (Å²) in [6.07, 6.45) is -8.96. The Labute approximate surface area is 134 Å². The first-order chi connectivity index (χ1) is 9.90. The highest BCUT2D eigenvalue weighted by atomic mass is 35.5. The molecule has 0 radical (unpaired) electrons. The Bertz CT molecular complexity index is 557. The number of aliphatic imine (C=N–C) groups is 1. The minimum atomic E-state index is -4.74. The fourth-order valence-electron chi connectivity index (χ4n) is 1.12. The van der Waals surface area contributed by atoms with Gasteiger partial charge in [-0.05, 0) is 12.1 Å². The highest BCUT2D eigenvalue weighted by molar-refractivity contribution is 7.99. The third-order valence-electron chi connectivity index (χ3n) is 2.05. The molecule has 1 unspecified atom stereocenters. The molecule has 124 valence electrons. The summed E-state index contributed by atoms with van der Waals surface area (Å²) in [5.41, 5.74) is -0.317. The molecule has 0 saturated heterocycles. The molecule has 0 spiro atoms. The van der Waals surface area contributed by atoms with Crippen LogP contribution < -0.4 is 0 Å². The van der Waals surface area contributed by atoms with Crippen LogP contribution in [0.3, 0.4) is 0 Å². The van der Waals surface area contributed by atoms with E-state index in [4.69, 9.17) is 23.2 Å². The lowest BCUT2D eigenvalue weighted by Crippen LogP contribution is -2.24. The van der Waals surface area contributed by atoms with Crippen LogP contribution in [0.2, 0.25) is 5.02 Å². The molecule has 0 aliphatic rings. The summed E-state index contributed by atoms with van der Waals surface area (Å²) >= 11 is 10.7. The Balaban J connectivity index is 2.99. The summed E-state index contributed by atoms with van der Waals surface area (Å²) in [5.74, 6) is -2.40. The van der Waals surface area contributed by atoms with E-state index >= 15 is 0 Å². The molecule has 1 aromatic rings. The van der Waals surface area contributed by atoms with Gasteiger partial charge in [0.15, 0.2) is 5.38 Å². The lowest BCUT2D eigenvalue weighted by molar-refractivity contribution is -0.117. The van der Waals surface area contributed by atoms with Gasteiger partial charge < -0.3 is 0 Å². The molecule has 1 nitrogen and oxygen atoms in total. The Morgan fingerprint density at radius 3 is 2.27 bits per heavy atom. The first kappa shape index (κ1) is 19.4. The normalized spacial score (nSPS) is 14.6. The smallest absolute Gasteiger partial charge is 0.258 e. The lowest BCUT2D eigenvalue weighted by Gasteiger charge is -2.10. The Kier molecular flexibility index (Phi) is 6.40. The summed E-state index contributed by atoms with van der Waals surface area (Å²) in [5, 5.41) is -2.75. The van der Waals surface area contributed by atoms with Crippen LogP contribution in [0, 0.1) is 5.82 Å². The van der Waals surface area contributed by atoms with Gasteiger partial charge in [0.05, 0.1) is 16.5 Å². The molecule has 0 aliphatic carbocycles. The average Bonchev–Trinajstić information content (AvgIpc) is 2.33. The van der Waals surface area contributed by atoms with Crippen LogP contribution in [0.1, 0.15) is 0 Å². The van der Waals surface area contributed by atoms with Crippen molar-refractivity contribution in [3.8, 4) is 0 Å². The largest absolute Gasteiger partial charge is 0.409 e. The molecule has 0 heterocycles. The van der Waals surface area contributed by atoms with Crippen molar-refractivity contribution in [3.63, 3.8) is 0 Å². The highest BCUT2D eigenvalue weighted by Gasteiger charge is 2.37. The van der Waals surface area contributed by atoms with Crippen molar-refractivity contribution in [1.82, 2.24) is 0 Å². The molecule has 0 bridgehead atoms. The topological polar surface area (TPSA) is 12.4 Å². The van der Waals surface area contributed by atoms with Crippen LogP contribution >= 0.6 is 35.0 Å². The van der Waals surface area contributed by atoms with Crippen molar-refractivity contribution in [2.45, 2.75) is 22.6 Å². The molecule has 11 heteroatoms. The second-order valence-corrected chi connectivity index (χ2v) is 5.75. The van der Waals surface area contributed by atoms with Crippen molar-refractivity contribution < 1.29 is 30.7 Å². The predicted molar refractivity (Wildman–Crippen MR) is 72.0 cm³/mol. The van der Waals surface area contributed by atoms with Gasteiger partial charge in [0, 0.05) is 11.1 Å². The van der Waals surface area contributed by atoms with E-state index in [2.05, 4.69) is 4.99 Å². The summed E-state index contributed by atoms with van der Waals surface area (Å²) in [6.45, 7) is 0. The molecule has 0 amide bonds. The van der Waals surface area contributed by atoms with E-state index in [9.17, 15) is 30.7 Å². The molecule has 22 heavy (non-hydrogen) atoms. The highest BCUT2D eigenvalue weighted by Crippen LogP contribution is 2.35. The van der Waals surface area contributed by atoms with Gasteiger partial charge >= 0.3 is 12.4 Å². The van der Waals surface area contributed by atoms with E-state index < -0.39 is 34.2 Å². The number of thioether (sulfide) groups is 1. The molecule has 0 fully saturated rings. The van der Waals surface area contributed by atoms with Crippen LogP contribution in [0.25, 0.3) is 0 Å². The van der Waals surface area contributed by atoms with Crippen molar-refractivity contribution in [2.24, 2.45) is 4.99 Å².